The van der Waals surface area contributed by atoms with E-state index in [9.17, 15) is 13.2 Å². The third-order valence-electron chi connectivity index (χ3n) is 5.35. The Bertz CT molecular complexity index is 960. The lowest BCUT2D eigenvalue weighted by molar-refractivity contribution is -0.133. The minimum atomic E-state index is -3.62. The maximum atomic E-state index is 12.6. The van der Waals surface area contributed by atoms with E-state index in [1.807, 2.05) is 48.2 Å². The largest absolute Gasteiger partial charge is 0.493 e. The van der Waals surface area contributed by atoms with Crippen molar-refractivity contribution in [3.05, 3.63) is 59.7 Å². The standard InChI is InChI=1S/C23H30N2O4S/c1-18-10-11-22(19(2)15-18)30(27,28)24-13-12-23(26)25-14-6-7-20(16-25)17-29-21-8-4-3-5-9-21/h3-5,8-11,15,20,24H,6-7,12-14,16-17H2,1-2H3. The zero-order chi connectivity index (χ0) is 21.6. The van der Waals surface area contributed by atoms with E-state index < -0.39 is 10.0 Å². The van der Waals surface area contributed by atoms with Crippen LogP contribution in [-0.4, -0.2) is 45.5 Å². The third kappa shape index (κ3) is 6.06. The molecule has 1 fully saturated rings. The van der Waals surface area contributed by atoms with Crippen LogP contribution in [0.4, 0.5) is 0 Å². The van der Waals surface area contributed by atoms with Crippen molar-refractivity contribution in [1.82, 2.24) is 9.62 Å². The number of carbonyl (C=O) groups excluding carboxylic acids is 1. The van der Waals surface area contributed by atoms with Gasteiger partial charge in [0.2, 0.25) is 15.9 Å². The molecular weight excluding hydrogens is 400 g/mol. The monoisotopic (exact) mass is 430 g/mol. The molecule has 2 aromatic rings. The molecule has 0 aliphatic carbocycles. The first-order valence-corrected chi connectivity index (χ1v) is 11.9. The SMILES string of the molecule is Cc1ccc(S(=O)(=O)NCCC(=O)N2CCCC(COc3ccccc3)C2)c(C)c1. The number of nitrogens with zero attached hydrogens (tertiary/aromatic N) is 1. The van der Waals surface area contributed by atoms with E-state index >= 15 is 0 Å². The summed E-state index contributed by atoms with van der Waals surface area (Å²) in [6.07, 6.45) is 2.11. The Balaban J connectivity index is 1.47. The summed E-state index contributed by atoms with van der Waals surface area (Å²) in [5, 5.41) is 0. The second-order valence-electron chi connectivity index (χ2n) is 7.89. The molecule has 0 saturated carbocycles. The number of aryl methyl sites for hydroxylation is 2. The van der Waals surface area contributed by atoms with Crippen molar-refractivity contribution in [3.8, 4) is 5.75 Å². The van der Waals surface area contributed by atoms with Crippen molar-refractivity contribution in [3.63, 3.8) is 0 Å². The molecule has 1 amide bonds. The number of carbonyl (C=O) groups is 1. The van der Waals surface area contributed by atoms with E-state index in [1.54, 1.807) is 19.1 Å². The smallest absolute Gasteiger partial charge is 0.240 e. The number of nitrogens with one attached hydrogen (secondary N) is 1. The molecule has 1 N–H and O–H groups in total. The fraction of sp³-hybridized carbons (Fsp3) is 0.435. The maximum absolute atomic E-state index is 12.6. The number of likely N-dealkylation sites (tertiary alicyclic amines) is 1. The van der Waals surface area contributed by atoms with Gasteiger partial charge in [-0.15, -0.1) is 0 Å². The van der Waals surface area contributed by atoms with Crippen LogP contribution in [0.1, 0.15) is 30.4 Å². The van der Waals surface area contributed by atoms with Crippen LogP contribution in [0.5, 0.6) is 5.75 Å². The fourth-order valence-electron chi connectivity index (χ4n) is 3.79. The molecule has 1 heterocycles. The Morgan fingerprint density at radius 2 is 1.93 bits per heavy atom. The van der Waals surface area contributed by atoms with Crippen LogP contribution in [0, 0.1) is 19.8 Å². The summed E-state index contributed by atoms with van der Waals surface area (Å²) >= 11 is 0. The Morgan fingerprint density at radius 1 is 1.17 bits per heavy atom. The van der Waals surface area contributed by atoms with Gasteiger partial charge in [-0.05, 0) is 50.5 Å². The van der Waals surface area contributed by atoms with Crippen LogP contribution in [0.15, 0.2) is 53.4 Å². The van der Waals surface area contributed by atoms with Gasteiger partial charge in [-0.25, -0.2) is 13.1 Å². The van der Waals surface area contributed by atoms with Crippen molar-refractivity contribution in [1.29, 1.82) is 0 Å². The Labute approximate surface area is 179 Å². The van der Waals surface area contributed by atoms with Crippen LogP contribution in [0.2, 0.25) is 0 Å². The van der Waals surface area contributed by atoms with Gasteiger partial charge in [-0.1, -0.05) is 35.9 Å². The highest BCUT2D eigenvalue weighted by molar-refractivity contribution is 7.89. The van der Waals surface area contributed by atoms with E-state index in [-0.39, 0.29) is 29.7 Å². The van der Waals surface area contributed by atoms with Crippen molar-refractivity contribution >= 4 is 15.9 Å². The predicted octanol–water partition coefficient (Wildman–Crippen LogP) is 3.29. The van der Waals surface area contributed by atoms with Gasteiger partial charge in [0.05, 0.1) is 11.5 Å². The molecule has 162 valence electrons. The first kappa shape index (κ1) is 22.3. The lowest BCUT2D eigenvalue weighted by Gasteiger charge is -2.32. The first-order valence-electron chi connectivity index (χ1n) is 10.4. The van der Waals surface area contributed by atoms with Crippen LogP contribution < -0.4 is 9.46 Å². The summed E-state index contributed by atoms with van der Waals surface area (Å²) in [7, 11) is -3.62. The zero-order valence-electron chi connectivity index (χ0n) is 17.6. The number of hydrogen-bond acceptors (Lipinski definition) is 4. The van der Waals surface area contributed by atoms with Gasteiger partial charge >= 0.3 is 0 Å². The molecule has 0 spiro atoms. The highest BCUT2D eigenvalue weighted by Gasteiger charge is 2.24. The zero-order valence-corrected chi connectivity index (χ0v) is 18.5. The maximum Gasteiger partial charge on any atom is 0.240 e. The Kier molecular flexibility index (Phi) is 7.50. The molecule has 0 bridgehead atoms. The minimum absolute atomic E-state index is 0.0252. The van der Waals surface area contributed by atoms with Crippen molar-refractivity contribution < 1.29 is 17.9 Å². The Hall–Kier alpha value is -2.38. The molecule has 30 heavy (non-hydrogen) atoms. The molecule has 1 unspecified atom stereocenters. The third-order valence-corrected chi connectivity index (χ3v) is 6.97. The van der Waals surface area contributed by atoms with Crippen LogP contribution in [0.25, 0.3) is 0 Å². The van der Waals surface area contributed by atoms with E-state index in [0.717, 1.165) is 24.2 Å². The van der Waals surface area contributed by atoms with Crippen LogP contribution in [-0.2, 0) is 14.8 Å². The van der Waals surface area contributed by atoms with Gasteiger partial charge in [0.15, 0.2) is 0 Å². The molecule has 6 nitrogen and oxygen atoms in total. The van der Waals surface area contributed by atoms with Crippen LogP contribution >= 0.6 is 0 Å². The number of amides is 1. The first-order chi connectivity index (χ1) is 14.3. The molecule has 7 heteroatoms. The molecule has 0 aromatic heterocycles. The van der Waals surface area contributed by atoms with Gasteiger partial charge in [0, 0.05) is 32.0 Å². The molecule has 1 atom stereocenters. The number of rotatable bonds is 8. The number of piperidine rings is 1. The van der Waals surface area contributed by atoms with Gasteiger partial charge in [0.25, 0.3) is 0 Å². The van der Waals surface area contributed by atoms with E-state index in [1.165, 1.54) is 0 Å². The number of ether oxygens (including phenoxy) is 1. The second-order valence-corrected chi connectivity index (χ2v) is 9.62. The lowest BCUT2D eigenvalue weighted by Crippen LogP contribution is -2.42. The van der Waals surface area contributed by atoms with Gasteiger partial charge < -0.3 is 9.64 Å². The highest BCUT2D eigenvalue weighted by atomic mass is 32.2. The van der Waals surface area contributed by atoms with E-state index in [2.05, 4.69) is 4.72 Å². The van der Waals surface area contributed by atoms with Crippen molar-refractivity contribution in [2.75, 3.05) is 26.2 Å². The van der Waals surface area contributed by atoms with E-state index in [4.69, 9.17) is 4.74 Å². The van der Waals surface area contributed by atoms with Gasteiger partial charge in [0.1, 0.15) is 5.75 Å². The summed E-state index contributed by atoms with van der Waals surface area (Å²) in [6.45, 7) is 5.73. The number of sulfonamides is 1. The quantitative estimate of drug-likeness (QED) is 0.697. The predicted molar refractivity (Wildman–Crippen MR) is 117 cm³/mol. The second kappa shape index (κ2) is 10.1. The summed E-state index contributed by atoms with van der Waals surface area (Å²) in [6, 6.07) is 14.9. The van der Waals surface area contributed by atoms with Crippen molar-refractivity contribution in [2.24, 2.45) is 5.92 Å². The molecule has 1 aliphatic rings. The molecular formula is C23H30N2O4S. The van der Waals surface area contributed by atoms with Gasteiger partial charge in [-0.2, -0.15) is 0 Å². The molecule has 1 saturated heterocycles. The summed E-state index contributed by atoms with van der Waals surface area (Å²) < 4.78 is 33.5. The number of benzene rings is 2. The van der Waals surface area contributed by atoms with Crippen LogP contribution in [0.3, 0.4) is 0 Å². The average Bonchev–Trinajstić information content (AvgIpc) is 2.72. The minimum Gasteiger partial charge on any atom is -0.493 e. The lowest BCUT2D eigenvalue weighted by atomic mass is 9.98. The average molecular weight is 431 g/mol. The number of hydrogen-bond donors (Lipinski definition) is 1. The molecule has 1 aliphatic heterocycles. The van der Waals surface area contributed by atoms with Gasteiger partial charge in [-0.3, -0.25) is 4.79 Å². The molecule has 3 rings (SSSR count). The number of para-hydroxylation sites is 1. The fourth-order valence-corrected chi connectivity index (χ4v) is 5.04. The summed E-state index contributed by atoms with van der Waals surface area (Å²) in [4.78, 5) is 14.7. The molecule has 0 radical (unpaired) electrons. The summed E-state index contributed by atoms with van der Waals surface area (Å²) in [5.74, 6) is 1.10. The Morgan fingerprint density at radius 3 is 2.67 bits per heavy atom. The van der Waals surface area contributed by atoms with E-state index in [0.29, 0.717) is 25.3 Å². The van der Waals surface area contributed by atoms with Crippen molar-refractivity contribution in [2.45, 2.75) is 38.0 Å². The summed E-state index contributed by atoms with van der Waals surface area (Å²) in [5.41, 5.74) is 1.71. The normalized spacial score (nSPS) is 17.0. The highest BCUT2D eigenvalue weighted by Crippen LogP contribution is 2.20. The topological polar surface area (TPSA) is 75.7 Å². The molecule has 2 aromatic carbocycles.